The Morgan fingerprint density at radius 2 is 1.25 bits per heavy atom. The minimum absolute atomic E-state index is 0.0371. The molecule has 0 radical (unpaired) electrons. The molecule has 0 rings (SSSR count). The molecular formula is C9H16O6S. The molecule has 0 amide bonds. The van der Waals surface area contributed by atoms with Crippen molar-refractivity contribution in [2.75, 3.05) is 11.5 Å². The fourth-order valence-electron chi connectivity index (χ4n) is 1.14. The smallest absolute Gasteiger partial charge is 0.303 e. The lowest BCUT2D eigenvalue weighted by Gasteiger charge is -2.02. The van der Waals surface area contributed by atoms with Crippen LogP contribution in [0, 0.1) is 0 Å². The van der Waals surface area contributed by atoms with Crippen LogP contribution < -0.4 is 0 Å². The number of carbonyl (C=O) groups is 2. The van der Waals surface area contributed by atoms with Gasteiger partial charge in [0.1, 0.15) is 9.84 Å². The summed E-state index contributed by atoms with van der Waals surface area (Å²) in [5.41, 5.74) is 0. The first-order valence-corrected chi connectivity index (χ1v) is 6.79. The third-order valence-corrected chi connectivity index (χ3v) is 3.76. The predicted octanol–water partition coefficient (Wildman–Crippen LogP) is 0.521. The monoisotopic (exact) mass is 252 g/mol. The molecule has 0 saturated carbocycles. The van der Waals surface area contributed by atoms with Gasteiger partial charge in [-0.25, -0.2) is 8.42 Å². The Morgan fingerprint density at radius 3 is 1.75 bits per heavy atom. The summed E-state index contributed by atoms with van der Waals surface area (Å²) in [4.78, 5) is 20.3. The number of sulfone groups is 1. The van der Waals surface area contributed by atoms with Gasteiger partial charge in [-0.05, 0) is 19.3 Å². The van der Waals surface area contributed by atoms with E-state index in [1.165, 1.54) is 0 Å². The minimum atomic E-state index is -3.23. The Labute approximate surface area is 94.2 Å². The Hall–Kier alpha value is -1.11. The molecule has 0 unspecified atom stereocenters. The van der Waals surface area contributed by atoms with E-state index in [0.717, 1.165) is 0 Å². The van der Waals surface area contributed by atoms with Gasteiger partial charge in [0.2, 0.25) is 0 Å². The van der Waals surface area contributed by atoms with Crippen LogP contribution in [0.3, 0.4) is 0 Å². The van der Waals surface area contributed by atoms with Crippen molar-refractivity contribution in [1.82, 2.24) is 0 Å². The minimum Gasteiger partial charge on any atom is -0.481 e. The lowest BCUT2D eigenvalue weighted by atomic mass is 10.2. The molecule has 0 atom stereocenters. The van der Waals surface area contributed by atoms with Gasteiger partial charge in [-0.15, -0.1) is 0 Å². The number of rotatable bonds is 9. The summed E-state index contributed by atoms with van der Waals surface area (Å²) in [5.74, 6) is -2.17. The van der Waals surface area contributed by atoms with E-state index in [0.29, 0.717) is 12.8 Å². The summed E-state index contributed by atoms with van der Waals surface area (Å²) in [6.07, 6.45) is 0.546. The number of aliphatic carboxylic acids is 2. The molecule has 0 bridgehead atoms. The molecule has 7 heteroatoms. The molecule has 0 heterocycles. The van der Waals surface area contributed by atoms with Gasteiger partial charge in [-0.2, -0.15) is 0 Å². The van der Waals surface area contributed by atoms with Crippen LogP contribution in [-0.2, 0) is 19.4 Å². The van der Waals surface area contributed by atoms with E-state index in [2.05, 4.69) is 0 Å². The van der Waals surface area contributed by atoms with Gasteiger partial charge in [0.25, 0.3) is 0 Å². The van der Waals surface area contributed by atoms with Gasteiger partial charge in [0.15, 0.2) is 0 Å². The van der Waals surface area contributed by atoms with Gasteiger partial charge in [0.05, 0.1) is 11.5 Å². The second-order valence-corrected chi connectivity index (χ2v) is 5.80. The maximum Gasteiger partial charge on any atom is 0.303 e. The summed E-state index contributed by atoms with van der Waals surface area (Å²) in [6, 6.07) is 0. The molecule has 0 aliphatic heterocycles. The van der Waals surface area contributed by atoms with Crippen LogP contribution in [0.5, 0.6) is 0 Å². The third kappa shape index (κ3) is 9.45. The van der Waals surface area contributed by atoms with Gasteiger partial charge >= 0.3 is 11.9 Å². The van der Waals surface area contributed by atoms with Crippen LogP contribution in [0.2, 0.25) is 0 Å². The van der Waals surface area contributed by atoms with Crippen molar-refractivity contribution in [3.63, 3.8) is 0 Å². The van der Waals surface area contributed by atoms with E-state index >= 15 is 0 Å². The van der Waals surface area contributed by atoms with Gasteiger partial charge < -0.3 is 10.2 Å². The van der Waals surface area contributed by atoms with Crippen LogP contribution in [0.15, 0.2) is 0 Å². The molecule has 6 nitrogen and oxygen atoms in total. The fraction of sp³-hybridized carbons (Fsp3) is 0.778. The van der Waals surface area contributed by atoms with Crippen LogP contribution in [0.25, 0.3) is 0 Å². The first-order valence-electron chi connectivity index (χ1n) is 4.97. The van der Waals surface area contributed by atoms with Gasteiger partial charge in [-0.3, -0.25) is 9.59 Å². The first-order chi connectivity index (χ1) is 7.33. The van der Waals surface area contributed by atoms with E-state index in [-0.39, 0.29) is 30.8 Å². The van der Waals surface area contributed by atoms with Crippen LogP contribution in [0.1, 0.15) is 32.1 Å². The van der Waals surface area contributed by atoms with Crippen LogP contribution in [-0.4, -0.2) is 42.1 Å². The third-order valence-electron chi connectivity index (χ3n) is 1.94. The maximum atomic E-state index is 11.3. The largest absolute Gasteiger partial charge is 0.481 e. The van der Waals surface area contributed by atoms with Gasteiger partial charge in [0, 0.05) is 12.8 Å². The molecule has 0 aliphatic rings. The van der Waals surface area contributed by atoms with Gasteiger partial charge in [-0.1, -0.05) is 0 Å². The summed E-state index contributed by atoms with van der Waals surface area (Å²) in [5, 5.41) is 16.7. The van der Waals surface area contributed by atoms with E-state index in [9.17, 15) is 18.0 Å². The summed E-state index contributed by atoms with van der Waals surface area (Å²) in [6.45, 7) is 0. The lowest BCUT2D eigenvalue weighted by molar-refractivity contribution is -0.138. The highest BCUT2D eigenvalue weighted by molar-refractivity contribution is 7.91. The zero-order chi connectivity index (χ0) is 12.6. The molecule has 0 spiro atoms. The molecule has 0 fully saturated rings. The molecular weight excluding hydrogens is 236 g/mol. The number of carboxylic acids is 2. The summed E-state index contributed by atoms with van der Waals surface area (Å²) < 4.78 is 22.6. The number of hydrogen-bond donors (Lipinski definition) is 2. The molecule has 0 aromatic heterocycles. The Kier molecular flexibility index (Phi) is 6.71. The standard InChI is InChI=1S/C9H16O6S/c10-8(11)4-1-2-6-16(14,15)7-3-5-9(12)13/h1-7H2,(H,10,11)(H,12,13). The van der Waals surface area contributed by atoms with E-state index in [1.54, 1.807) is 0 Å². The van der Waals surface area contributed by atoms with Crippen molar-refractivity contribution in [3.8, 4) is 0 Å². The molecule has 94 valence electrons. The summed E-state index contributed by atoms with van der Waals surface area (Å²) in [7, 11) is -3.23. The van der Waals surface area contributed by atoms with Crippen molar-refractivity contribution in [3.05, 3.63) is 0 Å². The highest BCUT2D eigenvalue weighted by atomic mass is 32.2. The Bertz CT molecular complexity index is 332. The number of carboxylic acid groups (broad SMARTS) is 2. The second kappa shape index (κ2) is 7.21. The number of unbranched alkanes of at least 4 members (excludes halogenated alkanes) is 1. The Morgan fingerprint density at radius 1 is 0.812 bits per heavy atom. The number of hydrogen-bond acceptors (Lipinski definition) is 4. The molecule has 0 aliphatic carbocycles. The fourth-order valence-corrected chi connectivity index (χ4v) is 2.58. The average Bonchev–Trinajstić information content (AvgIpc) is 2.11. The van der Waals surface area contributed by atoms with E-state index in [1.807, 2.05) is 0 Å². The second-order valence-electron chi connectivity index (χ2n) is 3.50. The molecule has 0 saturated heterocycles. The van der Waals surface area contributed by atoms with Crippen molar-refractivity contribution in [2.45, 2.75) is 32.1 Å². The van der Waals surface area contributed by atoms with Crippen molar-refractivity contribution >= 4 is 21.8 Å². The molecule has 2 N–H and O–H groups in total. The van der Waals surface area contributed by atoms with Crippen LogP contribution >= 0.6 is 0 Å². The topological polar surface area (TPSA) is 109 Å². The zero-order valence-corrected chi connectivity index (χ0v) is 9.70. The quantitative estimate of drug-likeness (QED) is 0.579. The average molecular weight is 252 g/mol. The van der Waals surface area contributed by atoms with Crippen molar-refractivity contribution in [2.24, 2.45) is 0 Å². The lowest BCUT2D eigenvalue weighted by Crippen LogP contribution is -2.12. The predicted molar refractivity (Wildman–Crippen MR) is 57.0 cm³/mol. The SMILES string of the molecule is O=C(O)CCCCS(=O)(=O)CCCC(=O)O. The first kappa shape index (κ1) is 14.9. The zero-order valence-electron chi connectivity index (χ0n) is 8.89. The molecule has 16 heavy (non-hydrogen) atoms. The molecule has 0 aromatic carbocycles. The highest BCUT2D eigenvalue weighted by Crippen LogP contribution is 2.03. The Balaban J connectivity index is 3.70. The molecule has 0 aromatic rings. The van der Waals surface area contributed by atoms with E-state index in [4.69, 9.17) is 10.2 Å². The van der Waals surface area contributed by atoms with Crippen molar-refractivity contribution in [1.29, 1.82) is 0 Å². The maximum absolute atomic E-state index is 11.3. The summed E-state index contributed by atoms with van der Waals surface area (Å²) >= 11 is 0. The van der Waals surface area contributed by atoms with Crippen molar-refractivity contribution < 1.29 is 28.2 Å². The van der Waals surface area contributed by atoms with E-state index < -0.39 is 21.8 Å². The normalized spacial score (nSPS) is 11.2. The highest BCUT2D eigenvalue weighted by Gasteiger charge is 2.11. The van der Waals surface area contributed by atoms with Crippen LogP contribution in [0.4, 0.5) is 0 Å².